The van der Waals surface area contributed by atoms with Gasteiger partial charge in [-0.3, -0.25) is 0 Å². The van der Waals surface area contributed by atoms with Crippen molar-refractivity contribution < 1.29 is 15.0 Å². The van der Waals surface area contributed by atoms with Crippen LogP contribution in [-0.2, 0) is 6.42 Å². The minimum atomic E-state index is -1.11. The van der Waals surface area contributed by atoms with Crippen molar-refractivity contribution in [3.8, 4) is 0 Å². The second-order valence-corrected chi connectivity index (χ2v) is 5.70. The van der Waals surface area contributed by atoms with Crippen molar-refractivity contribution in [2.45, 2.75) is 38.8 Å². The highest BCUT2D eigenvalue weighted by molar-refractivity contribution is 5.65. The van der Waals surface area contributed by atoms with Crippen LogP contribution < -0.4 is 10.6 Å². The van der Waals surface area contributed by atoms with E-state index in [4.69, 9.17) is 5.11 Å². The SMILES string of the molecule is CC(C)CCNC[C@H](O)[C@H](Cc1ccccc1)NC(=O)O. The molecule has 5 nitrogen and oxygen atoms in total. The third-order valence-corrected chi connectivity index (χ3v) is 3.32. The summed E-state index contributed by atoms with van der Waals surface area (Å²) < 4.78 is 0. The predicted octanol–water partition coefficient (Wildman–Crippen LogP) is 1.86. The largest absolute Gasteiger partial charge is 0.465 e. The smallest absolute Gasteiger partial charge is 0.404 e. The van der Waals surface area contributed by atoms with E-state index in [0.29, 0.717) is 18.9 Å². The maximum atomic E-state index is 10.9. The van der Waals surface area contributed by atoms with Gasteiger partial charge in [0.05, 0.1) is 12.1 Å². The van der Waals surface area contributed by atoms with Crippen molar-refractivity contribution in [1.82, 2.24) is 10.6 Å². The molecule has 0 aliphatic rings. The van der Waals surface area contributed by atoms with E-state index in [1.165, 1.54) is 0 Å². The Labute approximate surface area is 126 Å². The number of aliphatic hydroxyl groups excluding tert-OH is 1. The van der Waals surface area contributed by atoms with Crippen LogP contribution in [-0.4, -0.2) is 41.5 Å². The van der Waals surface area contributed by atoms with Crippen LogP contribution >= 0.6 is 0 Å². The van der Waals surface area contributed by atoms with Gasteiger partial charge in [0.1, 0.15) is 0 Å². The fourth-order valence-electron chi connectivity index (χ4n) is 2.09. The molecular formula is C16H26N2O3. The van der Waals surface area contributed by atoms with Crippen molar-refractivity contribution in [2.24, 2.45) is 5.92 Å². The average molecular weight is 294 g/mol. The average Bonchev–Trinajstić information content (AvgIpc) is 2.43. The Kier molecular flexibility index (Phi) is 7.79. The van der Waals surface area contributed by atoms with Gasteiger partial charge in [0.15, 0.2) is 0 Å². The van der Waals surface area contributed by atoms with Gasteiger partial charge in [0, 0.05) is 6.54 Å². The Morgan fingerprint density at radius 2 is 1.90 bits per heavy atom. The maximum Gasteiger partial charge on any atom is 0.404 e. The van der Waals surface area contributed by atoms with Gasteiger partial charge >= 0.3 is 6.09 Å². The molecule has 0 radical (unpaired) electrons. The number of nitrogens with one attached hydrogen (secondary N) is 2. The molecule has 1 aromatic rings. The van der Waals surface area contributed by atoms with Crippen LogP contribution in [0.1, 0.15) is 25.8 Å². The second-order valence-electron chi connectivity index (χ2n) is 5.70. The van der Waals surface area contributed by atoms with E-state index in [-0.39, 0.29) is 0 Å². The van der Waals surface area contributed by atoms with Gasteiger partial charge in [-0.25, -0.2) is 4.79 Å². The Hall–Kier alpha value is -1.59. The topological polar surface area (TPSA) is 81.6 Å². The van der Waals surface area contributed by atoms with Gasteiger partial charge in [-0.15, -0.1) is 0 Å². The lowest BCUT2D eigenvalue weighted by atomic mass is 10.0. The minimum absolute atomic E-state index is 0.379. The van der Waals surface area contributed by atoms with E-state index in [1.807, 2.05) is 30.3 Å². The molecule has 5 heteroatoms. The number of carbonyl (C=O) groups is 1. The summed E-state index contributed by atoms with van der Waals surface area (Å²) in [6, 6.07) is 9.05. The van der Waals surface area contributed by atoms with Crippen LogP contribution in [0.3, 0.4) is 0 Å². The highest BCUT2D eigenvalue weighted by Gasteiger charge is 2.21. The molecule has 1 rings (SSSR count). The summed E-state index contributed by atoms with van der Waals surface area (Å²) in [6.07, 6.45) is -0.367. The van der Waals surface area contributed by atoms with E-state index in [0.717, 1.165) is 18.5 Å². The van der Waals surface area contributed by atoms with E-state index in [1.54, 1.807) is 0 Å². The van der Waals surface area contributed by atoms with Crippen molar-refractivity contribution in [3.05, 3.63) is 35.9 Å². The molecule has 0 heterocycles. The number of rotatable bonds is 9. The first-order chi connectivity index (χ1) is 9.99. The van der Waals surface area contributed by atoms with Gasteiger partial charge in [-0.2, -0.15) is 0 Å². The molecular weight excluding hydrogens is 268 g/mol. The quantitative estimate of drug-likeness (QED) is 0.524. The summed E-state index contributed by atoms with van der Waals surface area (Å²) in [7, 11) is 0. The fraction of sp³-hybridized carbons (Fsp3) is 0.562. The van der Waals surface area contributed by atoms with Gasteiger partial charge in [0.2, 0.25) is 0 Å². The molecule has 0 unspecified atom stereocenters. The molecule has 21 heavy (non-hydrogen) atoms. The van der Waals surface area contributed by atoms with Gasteiger partial charge in [-0.1, -0.05) is 44.2 Å². The van der Waals surface area contributed by atoms with Crippen LogP contribution in [0.4, 0.5) is 4.79 Å². The lowest BCUT2D eigenvalue weighted by Gasteiger charge is -2.23. The number of amides is 1. The Morgan fingerprint density at radius 1 is 1.24 bits per heavy atom. The summed E-state index contributed by atoms with van der Waals surface area (Å²) in [5.74, 6) is 0.604. The fourth-order valence-corrected chi connectivity index (χ4v) is 2.09. The standard InChI is InChI=1S/C16H26N2O3/c1-12(2)8-9-17-11-15(19)14(18-16(20)21)10-13-6-4-3-5-7-13/h3-7,12,14-15,17-19H,8-11H2,1-2H3,(H,20,21)/t14-,15-/m0/s1. The Bertz CT molecular complexity index is 409. The van der Waals surface area contributed by atoms with Crippen molar-refractivity contribution in [1.29, 1.82) is 0 Å². The van der Waals surface area contributed by atoms with Gasteiger partial charge in [0.25, 0.3) is 0 Å². The summed E-state index contributed by atoms with van der Waals surface area (Å²) >= 11 is 0. The second kappa shape index (κ2) is 9.37. The van der Waals surface area contributed by atoms with Crippen LogP contribution in [0.2, 0.25) is 0 Å². The van der Waals surface area contributed by atoms with E-state index < -0.39 is 18.2 Å². The first-order valence-corrected chi connectivity index (χ1v) is 7.41. The highest BCUT2D eigenvalue weighted by Crippen LogP contribution is 2.06. The highest BCUT2D eigenvalue weighted by atomic mass is 16.4. The number of hydrogen-bond donors (Lipinski definition) is 4. The third kappa shape index (κ3) is 7.68. The summed E-state index contributed by atoms with van der Waals surface area (Å²) in [6.45, 7) is 5.48. The van der Waals surface area contributed by atoms with Crippen LogP contribution in [0, 0.1) is 5.92 Å². The molecule has 0 aliphatic heterocycles. The molecule has 0 fully saturated rings. The van der Waals surface area contributed by atoms with Crippen LogP contribution in [0.25, 0.3) is 0 Å². The monoisotopic (exact) mass is 294 g/mol. The zero-order valence-electron chi connectivity index (χ0n) is 12.7. The molecule has 0 bridgehead atoms. The zero-order valence-corrected chi connectivity index (χ0v) is 12.7. The summed E-state index contributed by atoms with van der Waals surface area (Å²) in [4.78, 5) is 10.9. The molecule has 118 valence electrons. The van der Waals surface area contributed by atoms with Crippen molar-refractivity contribution in [2.75, 3.05) is 13.1 Å². The summed E-state index contributed by atoms with van der Waals surface area (Å²) in [5, 5.41) is 24.7. The van der Waals surface area contributed by atoms with E-state index >= 15 is 0 Å². The lowest BCUT2D eigenvalue weighted by Crippen LogP contribution is -2.48. The zero-order chi connectivity index (χ0) is 15.7. The van der Waals surface area contributed by atoms with E-state index in [9.17, 15) is 9.90 Å². The molecule has 0 spiro atoms. The van der Waals surface area contributed by atoms with Gasteiger partial charge in [-0.05, 0) is 30.9 Å². The predicted molar refractivity (Wildman–Crippen MR) is 83.4 cm³/mol. The van der Waals surface area contributed by atoms with Crippen LogP contribution in [0.15, 0.2) is 30.3 Å². The molecule has 1 amide bonds. The molecule has 0 saturated carbocycles. The molecule has 0 aromatic heterocycles. The number of benzene rings is 1. The van der Waals surface area contributed by atoms with Gasteiger partial charge < -0.3 is 20.8 Å². The minimum Gasteiger partial charge on any atom is -0.465 e. The molecule has 4 N–H and O–H groups in total. The first-order valence-electron chi connectivity index (χ1n) is 7.41. The van der Waals surface area contributed by atoms with Crippen molar-refractivity contribution >= 4 is 6.09 Å². The number of hydrogen-bond acceptors (Lipinski definition) is 3. The number of aliphatic hydroxyl groups is 1. The third-order valence-electron chi connectivity index (χ3n) is 3.32. The molecule has 0 aliphatic carbocycles. The summed E-state index contributed by atoms with van der Waals surface area (Å²) in [5.41, 5.74) is 0.998. The number of carboxylic acid groups (broad SMARTS) is 1. The normalized spacial score (nSPS) is 13.9. The van der Waals surface area contributed by atoms with Crippen LogP contribution in [0.5, 0.6) is 0 Å². The molecule has 0 saturated heterocycles. The molecule has 2 atom stereocenters. The molecule has 1 aromatic carbocycles. The maximum absolute atomic E-state index is 10.9. The van der Waals surface area contributed by atoms with E-state index in [2.05, 4.69) is 24.5 Å². The lowest BCUT2D eigenvalue weighted by molar-refractivity contribution is 0.117. The Morgan fingerprint density at radius 3 is 2.48 bits per heavy atom. The van der Waals surface area contributed by atoms with Crippen molar-refractivity contribution in [3.63, 3.8) is 0 Å². The first kappa shape index (κ1) is 17.5. The Balaban J connectivity index is 2.49.